The van der Waals surface area contributed by atoms with Crippen LogP contribution in [0.25, 0.3) is 5.69 Å². The summed E-state index contributed by atoms with van der Waals surface area (Å²) in [6.45, 7) is 6.39. The molecule has 0 fully saturated rings. The first-order valence-corrected chi connectivity index (χ1v) is 9.16. The van der Waals surface area contributed by atoms with E-state index in [-0.39, 0.29) is 5.91 Å². The maximum atomic E-state index is 12.3. The lowest BCUT2D eigenvalue weighted by Crippen LogP contribution is -2.14. The lowest BCUT2D eigenvalue weighted by atomic mass is 10.2. The predicted molar refractivity (Wildman–Crippen MR) is 108 cm³/mol. The van der Waals surface area contributed by atoms with Crippen molar-refractivity contribution in [2.45, 2.75) is 33.6 Å². The third kappa shape index (κ3) is 4.56. The molecule has 0 bridgehead atoms. The first-order chi connectivity index (χ1) is 13.1. The SMILES string of the molecule is Cc1ccccc1OCCCC(=O)Nc1c(C)nn(-c2ccccc2)c1C. The fraction of sp³-hybridized carbons (Fsp3) is 0.273. The van der Waals surface area contributed by atoms with E-state index in [0.717, 1.165) is 34.1 Å². The Kier molecular flexibility index (Phi) is 5.91. The minimum atomic E-state index is -0.0257. The van der Waals surface area contributed by atoms with Crippen LogP contribution in [-0.2, 0) is 4.79 Å². The van der Waals surface area contributed by atoms with Gasteiger partial charge in [0.1, 0.15) is 5.75 Å². The number of carbonyl (C=O) groups is 1. The van der Waals surface area contributed by atoms with Crippen LogP contribution in [0.1, 0.15) is 29.8 Å². The average molecular weight is 363 g/mol. The summed E-state index contributed by atoms with van der Waals surface area (Å²) in [7, 11) is 0. The lowest BCUT2D eigenvalue weighted by molar-refractivity contribution is -0.116. The van der Waals surface area contributed by atoms with Crippen LogP contribution in [0, 0.1) is 20.8 Å². The average Bonchev–Trinajstić information content (AvgIpc) is 2.95. The number of nitrogens with zero attached hydrogens (tertiary/aromatic N) is 2. The van der Waals surface area contributed by atoms with Gasteiger partial charge in [-0.1, -0.05) is 36.4 Å². The summed E-state index contributed by atoms with van der Waals surface area (Å²) < 4.78 is 7.60. The van der Waals surface area contributed by atoms with E-state index in [9.17, 15) is 4.79 Å². The van der Waals surface area contributed by atoms with Crippen molar-refractivity contribution in [3.63, 3.8) is 0 Å². The number of aryl methyl sites for hydroxylation is 2. The Balaban J connectivity index is 1.55. The summed E-state index contributed by atoms with van der Waals surface area (Å²) in [5.41, 5.74) is 4.58. The van der Waals surface area contributed by atoms with Crippen molar-refractivity contribution >= 4 is 11.6 Å². The molecule has 1 aromatic heterocycles. The van der Waals surface area contributed by atoms with Crippen LogP contribution in [0.2, 0.25) is 0 Å². The Morgan fingerprint density at radius 1 is 1.04 bits per heavy atom. The van der Waals surface area contributed by atoms with Gasteiger partial charge in [0.25, 0.3) is 0 Å². The van der Waals surface area contributed by atoms with Crippen LogP contribution < -0.4 is 10.1 Å². The molecule has 0 aliphatic rings. The first-order valence-electron chi connectivity index (χ1n) is 9.16. The van der Waals surface area contributed by atoms with Crippen LogP contribution in [0.5, 0.6) is 5.75 Å². The van der Waals surface area contributed by atoms with Crippen LogP contribution in [0.4, 0.5) is 5.69 Å². The molecular formula is C22H25N3O2. The zero-order chi connectivity index (χ0) is 19.2. The van der Waals surface area contributed by atoms with Gasteiger partial charge in [-0.3, -0.25) is 4.79 Å². The fourth-order valence-electron chi connectivity index (χ4n) is 2.98. The van der Waals surface area contributed by atoms with Crippen molar-refractivity contribution in [1.29, 1.82) is 0 Å². The highest BCUT2D eigenvalue weighted by molar-refractivity contribution is 5.92. The number of ether oxygens (including phenoxy) is 1. The smallest absolute Gasteiger partial charge is 0.224 e. The van der Waals surface area contributed by atoms with Crippen LogP contribution >= 0.6 is 0 Å². The second-order valence-electron chi connectivity index (χ2n) is 6.56. The Labute approximate surface area is 160 Å². The van der Waals surface area contributed by atoms with Gasteiger partial charge in [0, 0.05) is 6.42 Å². The van der Waals surface area contributed by atoms with Crippen molar-refractivity contribution < 1.29 is 9.53 Å². The number of amides is 1. The van der Waals surface area contributed by atoms with E-state index in [1.165, 1.54) is 0 Å². The summed E-state index contributed by atoms with van der Waals surface area (Å²) in [5.74, 6) is 0.843. The monoisotopic (exact) mass is 363 g/mol. The van der Waals surface area contributed by atoms with Crippen molar-refractivity contribution in [3.05, 3.63) is 71.5 Å². The van der Waals surface area contributed by atoms with E-state index in [2.05, 4.69) is 10.4 Å². The molecule has 0 atom stereocenters. The number of nitrogens with one attached hydrogen (secondary N) is 1. The number of hydrogen-bond donors (Lipinski definition) is 1. The van der Waals surface area contributed by atoms with Gasteiger partial charge in [0.2, 0.25) is 5.91 Å². The van der Waals surface area contributed by atoms with Crippen molar-refractivity contribution in [1.82, 2.24) is 9.78 Å². The minimum absolute atomic E-state index is 0.0257. The van der Waals surface area contributed by atoms with Gasteiger partial charge in [0.05, 0.1) is 29.4 Å². The van der Waals surface area contributed by atoms with Gasteiger partial charge in [-0.05, 0) is 51.0 Å². The molecule has 5 nitrogen and oxygen atoms in total. The molecular weight excluding hydrogens is 338 g/mol. The number of anilines is 1. The van der Waals surface area contributed by atoms with Crippen molar-refractivity contribution in [2.75, 3.05) is 11.9 Å². The second kappa shape index (κ2) is 8.54. The zero-order valence-corrected chi connectivity index (χ0v) is 16.0. The highest BCUT2D eigenvalue weighted by atomic mass is 16.5. The van der Waals surface area contributed by atoms with Crippen molar-refractivity contribution in [3.8, 4) is 11.4 Å². The number of carbonyl (C=O) groups excluding carboxylic acids is 1. The van der Waals surface area contributed by atoms with Gasteiger partial charge in [-0.15, -0.1) is 0 Å². The standard InChI is InChI=1S/C22H25N3O2/c1-16-10-7-8-13-20(16)27-15-9-14-21(26)23-22-17(2)24-25(18(22)3)19-11-5-4-6-12-19/h4-8,10-13H,9,14-15H2,1-3H3,(H,23,26). The number of hydrogen-bond acceptors (Lipinski definition) is 3. The van der Waals surface area contributed by atoms with E-state index in [1.807, 2.05) is 80.1 Å². The molecule has 3 rings (SSSR count). The normalized spacial score (nSPS) is 10.6. The van der Waals surface area contributed by atoms with E-state index in [0.29, 0.717) is 19.4 Å². The Morgan fingerprint density at radius 2 is 1.74 bits per heavy atom. The molecule has 1 amide bonds. The summed E-state index contributed by atoms with van der Waals surface area (Å²) in [5, 5.41) is 7.56. The van der Waals surface area contributed by atoms with Gasteiger partial charge >= 0.3 is 0 Å². The molecule has 0 spiro atoms. The molecule has 0 saturated heterocycles. The first kappa shape index (κ1) is 18.7. The molecule has 0 aliphatic carbocycles. The Hall–Kier alpha value is -3.08. The van der Waals surface area contributed by atoms with E-state index in [1.54, 1.807) is 0 Å². The van der Waals surface area contributed by atoms with Gasteiger partial charge in [-0.2, -0.15) is 5.10 Å². The Bertz CT molecular complexity index is 917. The molecule has 2 aromatic carbocycles. The third-order valence-electron chi connectivity index (χ3n) is 4.46. The molecule has 140 valence electrons. The topological polar surface area (TPSA) is 56.1 Å². The highest BCUT2D eigenvalue weighted by Gasteiger charge is 2.15. The molecule has 1 N–H and O–H groups in total. The molecule has 0 radical (unpaired) electrons. The number of rotatable bonds is 7. The summed E-state index contributed by atoms with van der Waals surface area (Å²) in [6.07, 6.45) is 1.06. The van der Waals surface area contributed by atoms with Gasteiger partial charge in [-0.25, -0.2) is 4.68 Å². The number of aromatic nitrogens is 2. The molecule has 1 heterocycles. The van der Waals surface area contributed by atoms with E-state index >= 15 is 0 Å². The third-order valence-corrected chi connectivity index (χ3v) is 4.46. The van der Waals surface area contributed by atoms with Crippen molar-refractivity contribution in [2.24, 2.45) is 0 Å². The predicted octanol–water partition coefficient (Wildman–Crippen LogP) is 4.60. The van der Waals surface area contributed by atoms with Crippen LogP contribution in [0.3, 0.4) is 0 Å². The van der Waals surface area contributed by atoms with Gasteiger partial charge in [0.15, 0.2) is 0 Å². The maximum Gasteiger partial charge on any atom is 0.224 e. The molecule has 3 aromatic rings. The summed E-state index contributed by atoms with van der Waals surface area (Å²) in [4.78, 5) is 12.3. The zero-order valence-electron chi connectivity index (χ0n) is 16.0. The minimum Gasteiger partial charge on any atom is -0.493 e. The second-order valence-corrected chi connectivity index (χ2v) is 6.56. The lowest BCUT2D eigenvalue weighted by Gasteiger charge is -2.09. The molecule has 0 saturated carbocycles. The highest BCUT2D eigenvalue weighted by Crippen LogP contribution is 2.23. The molecule has 5 heteroatoms. The van der Waals surface area contributed by atoms with Crippen LogP contribution in [-0.4, -0.2) is 22.3 Å². The Morgan fingerprint density at radius 3 is 2.48 bits per heavy atom. The van der Waals surface area contributed by atoms with E-state index < -0.39 is 0 Å². The molecule has 0 unspecified atom stereocenters. The maximum absolute atomic E-state index is 12.3. The summed E-state index contributed by atoms with van der Waals surface area (Å²) >= 11 is 0. The number of para-hydroxylation sites is 2. The number of benzene rings is 2. The quantitative estimate of drug-likeness (QED) is 0.624. The fourth-order valence-corrected chi connectivity index (χ4v) is 2.98. The molecule has 0 aliphatic heterocycles. The largest absolute Gasteiger partial charge is 0.493 e. The van der Waals surface area contributed by atoms with E-state index in [4.69, 9.17) is 4.74 Å². The molecule has 27 heavy (non-hydrogen) atoms. The van der Waals surface area contributed by atoms with Crippen LogP contribution in [0.15, 0.2) is 54.6 Å². The van der Waals surface area contributed by atoms with Gasteiger partial charge < -0.3 is 10.1 Å². The summed E-state index contributed by atoms with van der Waals surface area (Å²) in [6, 6.07) is 17.8.